The van der Waals surface area contributed by atoms with Gasteiger partial charge in [0, 0.05) is 7.05 Å². The van der Waals surface area contributed by atoms with Gasteiger partial charge in [0.15, 0.2) is 0 Å². The van der Waals surface area contributed by atoms with Crippen molar-refractivity contribution in [2.45, 2.75) is 20.8 Å². The largest absolute Gasteiger partial charge is 0.478 e. The number of carboxylic acid groups (broad SMARTS) is 1. The lowest BCUT2D eigenvalue weighted by Crippen LogP contribution is -2.28. The van der Waals surface area contributed by atoms with Crippen LogP contribution in [0.5, 0.6) is 0 Å². The van der Waals surface area contributed by atoms with Crippen LogP contribution in [0.2, 0.25) is 0 Å². The lowest BCUT2D eigenvalue weighted by atomic mass is 10.1. The van der Waals surface area contributed by atoms with Gasteiger partial charge < -0.3 is 10.0 Å². The zero-order valence-electron chi connectivity index (χ0n) is 12.0. The van der Waals surface area contributed by atoms with Crippen LogP contribution < -0.4 is 4.90 Å². The third-order valence-corrected chi connectivity index (χ3v) is 4.02. The van der Waals surface area contributed by atoms with Crippen molar-refractivity contribution in [3.63, 3.8) is 0 Å². The van der Waals surface area contributed by atoms with Crippen LogP contribution in [-0.2, 0) is 0 Å². The summed E-state index contributed by atoms with van der Waals surface area (Å²) in [6, 6.07) is 1.63. The standard InChI is InChI=1S/C13H14N4O3S/c1-6-5-9(7(2)15-14-6)11(18)17(4)12-10(13(19)20)8(3)16-21-12/h5H,1-4H3,(H,19,20). The molecule has 0 aliphatic carbocycles. The second-order valence-corrected chi connectivity index (χ2v) is 5.35. The molecule has 0 unspecified atom stereocenters. The number of carboxylic acids is 1. The van der Waals surface area contributed by atoms with Gasteiger partial charge in [0.1, 0.15) is 10.6 Å². The third kappa shape index (κ3) is 2.75. The SMILES string of the molecule is Cc1cc(C(=O)N(C)c2snc(C)c2C(=O)O)c(C)nn1. The molecule has 2 aromatic heterocycles. The number of hydrogen-bond donors (Lipinski definition) is 1. The molecular formula is C13H14N4O3S. The molecule has 0 aliphatic heterocycles. The fraction of sp³-hybridized carbons (Fsp3) is 0.308. The molecule has 0 saturated carbocycles. The molecule has 2 heterocycles. The van der Waals surface area contributed by atoms with Gasteiger partial charge in [0.2, 0.25) is 0 Å². The number of rotatable bonds is 3. The lowest BCUT2D eigenvalue weighted by molar-refractivity contribution is 0.0697. The van der Waals surface area contributed by atoms with Gasteiger partial charge in [-0.25, -0.2) is 4.79 Å². The molecule has 2 rings (SSSR count). The highest BCUT2D eigenvalue weighted by Gasteiger charge is 2.25. The number of carbonyl (C=O) groups is 2. The molecule has 0 bridgehead atoms. The maximum Gasteiger partial charge on any atom is 0.340 e. The van der Waals surface area contributed by atoms with Gasteiger partial charge >= 0.3 is 5.97 Å². The van der Waals surface area contributed by atoms with Gasteiger partial charge in [0.25, 0.3) is 5.91 Å². The highest BCUT2D eigenvalue weighted by Crippen LogP contribution is 2.29. The summed E-state index contributed by atoms with van der Waals surface area (Å²) in [5, 5.41) is 17.3. The van der Waals surface area contributed by atoms with E-state index in [4.69, 9.17) is 0 Å². The molecule has 110 valence electrons. The van der Waals surface area contributed by atoms with Gasteiger partial charge in [0.05, 0.1) is 22.6 Å². The van der Waals surface area contributed by atoms with Crippen molar-refractivity contribution < 1.29 is 14.7 Å². The van der Waals surface area contributed by atoms with Gasteiger partial charge in [-0.3, -0.25) is 4.79 Å². The number of anilines is 1. The minimum Gasteiger partial charge on any atom is -0.478 e. The van der Waals surface area contributed by atoms with E-state index in [0.29, 0.717) is 27.6 Å². The van der Waals surface area contributed by atoms with E-state index in [1.807, 2.05) is 0 Å². The molecule has 0 spiro atoms. The van der Waals surface area contributed by atoms with Crippen molar-refractivity contribution in [3.8, 4) is 0 Å². The first-order valence-electron chi connectivity index (χ1n) is 6.11. The van der Waals surface area contributed by atoms with Crippen LogP contribution in [0, 0.1) is 20.8 Å². The predicted molar refractivity (Wildman–Crippen MR) is 78.0 cm³/mol. The van der Waals surface area contributed by atoms with E-state index >= 15 is 0 Å². The lowest BCUT2D eigenvalue weighted by Gasteiger charge is -2.16. The first-order valence-corrected chi connectivity index (χ1v) is 6.88. The molecule has 1 N–H and O–H groups in total. The molecule has 0 radical (unpaired) electrons. The molecular weight excluding hydrogens is 292 g/mol. The Bertz CT molecular complexity index is 726. The van der Waals surface area contributed by atoms with E-state index in [0.717, 1.165) is 11.5 Å². The van der Waals surface area contributed by atoms with E-state index < -0.39 is 5.97 Å². The molecule has 1 amide bonds. The molecule has 0 aliphatic rings. The normalized spacial score (nSPS) is 10.5. The highest BCUT2D eigenvalue weighted by molar-refractivity contribution is 7.11. The van der Waals surface area contributed by atoms with E-state index in [1.54, 1.807) is 26.8 Å². The summed E-state index contributed by atoms with van der Waals surface area (Å²) in [5.41, 5.74) is 1.95. The maximum atomic E-state index is 12.5. The average molecular weight is 306 g/mol. The molecule has 0 aromatic carbocycles. The highest BCUT2D eigenvalue weighted by atomic mass is 32.1. The van der Waals surface area contributed by atoms with Crippen LogP contribution in [-0.4, -0.2) is 38.6 Å². The first kappa shape index (κ1) is 15.0. The monoisotopic (exact) mass is 306 g/mol. The number of amides is 1. The second-order valence-electron chi connectivity index (χ2n) is 4.60. The number of aryl methyl sites for hydroxylation is 3. The average Bonchev–Trinajstić information content (AvgIpc) is 2.81. The van der Waals surface area contributed by atoms with E-state index in [1.165, 1.54) is 11.9 Å². The molecule has 8 heteroatoms. The number of hydrogen-bond acceptors (Lipinski definition) is 6. The summed E-state index contributed by atoms with van der Waals surface area (Å²) in [6.45, 7) is 5.03. The number of aromatic carboxylic acids is 1. The fourth-order valence-corrected chi connectivity index (χ4v) is 2.72. The first-order chi connectivity index (χ1) is 9.82. The zero-order chi connectivity index (χ0) is 15.7. The zero-order valence-corrected chi connectivity index (χ0v) is 12.9. The van der Waals surface area contributed by atoms with Crippen LogP contribution in [0.25, 0.3) is 0 Å². The number of nitrogens with zero attached hydrogens (tertiary/aromatic N) is 4. The fourth-order valence-electron chi connectivity index (χ4n) is 1.87. The Labute approximate surface area is 125 Å². The van der Waals surface area contributed by atoms with Gasteiger partial charge in [-0.2, -0.15) is 14.6 Å². The van der Waals surface area contributed by atoms with Crippen molar-refractivity contribution in [3.05, 3.63) is 34.3 Å². The Balaban J connectivity index is 2.45. The Hall–Kier alpha value is -2.35. The van der Waals surface area contributed by atoms with Crippen molar-refractivity contribution in [2.75, 3.05) is 11.9 Å². The molecule has 21 heavy (non-hydrogen) atoms. The summed E-state index contributed by atoms with van der Waals surface area (Å²) in [6.07, 6.45) is 0. The third-order valence-electron chi connectivity index (χ3n) is 3.00. The van der Waals surface area contributed by atoms with Crippen molar-refractivity contribution >= 4 is 28.4 Å². The summed E-state index contributed by atoms with van der Waals surface area (Å²) < 4.78 is 4.01. The van der Waals surface area contributed by atoms with E-state index in [9.17, 15) is 14.7 Å². The Morgan fingerprint density at radius 1 is 1.19 bits per heavy atom. The smallest absolute Gasteiger partial charge is 0.340 e. The summed E-state index contributed by atoms with van der Waals surface area (Å²) in [5.74, 6) is -1.44. The Kier molecular flexibility index (Phi) is 3.99. The van der Waals surface area contributed by atoms with Crippen LogP contribution in [0.3, 0.4) is 0 Å². The number of aromatic nitrogens is 3. The van der Waals surface area contributed by atoms with Crippen molar-refractivity contribution in [1.29, 1.82) is 0 Å². The quantitative estimate of drug-likeness (QED) is 0.929. The molecule has 0 fully saturated rings. The summed E-state index contributed by atoms with van der Waals surface area (Å²) in [4.78, 5) is 25.1. The minimum atomic E-state index is -1.10. The topological polar surface area (TPSA) is 96.3 Å². The van der Waals surface area contributed by atoms with Crippen LogP contribution in [0.4, 0.5) is 5.00 Å². The molecule has 0 atom stereocenters. The van der Waals surface area contributed by atoms with E-state index in [-0.39, 0.29) is 11.5 Å². The summed E-state index contributed by atoms with van der Waals surface area (Å²) >= 11 is 0.984. The van der Waals surface area contributed by atoms with E-state index in [2.05, 4.69) is 14.6 Å². The second kappa shape index (κ2) is 5.57. The van der Waals surface area contributed by atoms with Gasteiger partial charge in [-0.05, 0) is 38.4 Å². The minimum absolute atomic E-state index is 0.0484. The Morgan fingerprint density at radius 2 is 1.86 bits per heavy atom. The van der Waals surface area contributed by atoms with Crippen molar-refractivity contribution in [2.24, 2.45) is 0 Å². The number of carbonyl (C=O) groups excluding carboxylic acids is 1. The van der Waals surface area contributed by atoms with Gasteiger partial charge in [-0.15, -0.1) is 0 Å². The molecule has 2 aromatic rings. The van der Waals surface area contributed by atoms with Crippen LogP contribution in [0.15, 0.2) is 6.07 Å². The predicted octanol–water partition coefficient (Wildman–Crippen LogP) is 1.83. The Morgan fingerprint density at radius 3 is 2.48 bits per heavy atom. The molecule has 7 nitrogen and oxygen atoms in total. The summed E-state index contributed by atoms with van der Waals surface area (Å²) in [7, 11) is 1.52. The van der Waals surface area contributed by atoms with Crippen LogP contribution >= 0.6 is 11.5 Å². The van der Waals surface area contributed by atoms with Crippen LogP contribution in [0.1, 0.15) is 37.8 Å². The maximum absolute atomic E-state index is 12.5. The molecule has 0 saturated heterocycles. The van der Waals surface area contributed by atoms with Crippen molar-refractivity contribution in [1.82, 2.24) is 14.6 Å². The van der Waals surface area contributed by atoms with Gasteiger partial charge in [-0.1, -0.05) is 0 Å².